The molecule has 21 heavy (non-hydrogen) atoms. The van der Waals surface area contributed by atoms with Crippen molar-refractivity contribution in [1.29, 1.82) is 0 Å². The Kier molecular flexibility index (Phi) is 5.39. The predicted octanol–water partition coefficient (Wildman–Crippen LogP) is 1.11. The van der Waals surface area contributed by atoms with Crippen LogP contribution in [0.25, 0.3) is 0 Å². The van der Waals surface area contributed by atoms with Crippen LogP contribution in [0, 0.1) is 0 Å². The minimum atomic E-state index is -4.53. The lowest BCUT2D eigenvalue weighted by molar-refractivity contribution is -0.140. The lowest BCUT2D eigenvalue weighted by atomic mass is 10.1. The maximum absolute atomic E-state index is 11.9. The third kappa shape index (κ3) is 5.21. The number of esters is 1. The molecule has 0 aromatic heterocycles. The zero-order valence-electron chi connectivity index (χ0n) is 11.0. The molecule has 0 atom stereocenters. The molecule has 0 fully saturated rings. The summed E-state index contributed by atoms with van der Waals surface area (Å²) in [5.74, 6) is -1.91. The van der Waals surface area contributed by atoms with Crippen LogP contribution in [-0.4, -0.2) is 38.3 Å². The molecule has 3 N–H and O–H groups in total. The van der Waals surface area contributed by atoms with Gasteiger partial charge in [0.25, 0.3) is 5.91 Å². The summed E-state index contributed by atoms with van der Waals surface area (Å²) in [4.78, 5) is 22.9. The number of hydrogen-bond acceptors (Lipinski definition) is 5. The van der Waals surface area contributed by atoms with Crippen LogP contribution in [-0.2, 0) is 9.53 Å². The molecule has 1 aromatic carbocycles. The van der Waals surface area contributed by atoms with E-state index in [1.807, 2.05) is 0 Å². The van der Waals surface area contributed by atoms with Gasteiger partial charge >= 0.3 is 12.1 Å². The lowest BCUT2D eigenvalue weighted by Crippen LogP contribution is -2.36. The van der Waals surface area contributed by atoms with Crippen molar-refractivity contribution in [2.24, 2.45) is 0 Å². The summed E-state index contributed by atoms with van der Waals surface area (Å²) in [5.41, 5.74) is 5.56. The van der Waals surface area contributed by atoms with Crippen molar-refractivity contribution in [3.05, 3.63) is 23.8 Å². The molecule has 0 spiro atoms. The Hall–Kier alpha value is -2.45. The van der Waals surface area contributed by atoms with Crippen LogP contribution in [0.4, 0.5) is 18.9 Å². The number of nitrogens with one attached hydrogen (secondary N) is 1. The first kappa shape index (κ1) is 16.6. The van der Waals surface area contributed by atoms with E-state index in [1.165, 1.54) is 19.2 Å². The second kappa shape index (κ2) is 6.82. The predicted molar refractivity (Wildman–Crippen MR) is 66.8 cm³/mol. The Morgan fingerprint density at radius 3 is 2.57 bits per heavy atom. The third-order valence-corrected chi connectivity index (χ3v) is 2.30. The maximum Gasteiger partial charge on any atom is 0.405 e. The molecule has 116 valence electrons. The fraction of sp³-hybridized carbons (Fsp3) is 0.333. The van der Waals surface area contributed by atoms with E-state index in [2.05, 4.69) is 4.74 Å². The number of nitrogens with two attached hydrogens (primary N) is 1. The molecule has 0 saturated carbocycles. The Labute approximate surface area is 118 Å². The Bertz CT molecular complexity index is 532. The van der Waals surface area contributed by atoms with Crippen molar-refractivity contribution < 1.29 is 32.2 Å². The quantitative estimate of drug-likeness (QED) is 0.628. The van der Waals surface area contributed by atoms with Gasteiger partial charge in [-0.25, -0.2) is 4.79 Å². The van der Waals surface area contributed by atoms with E-state index in [0.29, 0.717) is 0 Å². The summed E-state index contributed by atoms with van der Waals surface area (Å²) in [6.45, 7) is -2.35. The Morgan fingerprint density at radius 2 is 2.00 bits per heavy atom. The van der Waals surface area contributed by atoms with Crippen molar-refractivity contribution in [3.8, 4) is 5.75 Å². The zero-order chi connectivity index (χ0) is 16.0. The number of amides is 1. The number of hydrogen-bond donors (Lipinski definition) is 2. The molecule has 0 aliphatic rings. The molecule has 0 radical (unpaired) electrons. The van der Waals surface area contributed by atoms with E-state index in [4.69, 9.17) is 10.5 Å². The van der Waals surface area contributed by atoms with Crippen LogP contribution in [0.15, 0.2) is 18.2 Å². The highest BCUT2D eigenvalue weighted by Crippen LogP contribution is 2.24. The van der Waals surface area contributed by atoms with E-state index in [0.717, 1.165) is 0 Å². The molecule has 1 rings (SSSR count). The van der Waals surface area contributed by atoms with Gasteiger partial charge in [0, 0.05) is 5.69 Å². The van der Waals surface area contributed by atoms with E-state index in [1.54, 1.807) is 11.4 Å². The smallest absolute Gasteiger partial charge is 0.405 e. The number of nitrogen functional groups attached to an aromatic ring is 1. The highest BCUT2D eigenvalue weighted by molar-refractivity contribution is 5.99. The summed E-state index contributed by atoms with van der Waals surface area (Å²) in [7, 11) is 1.31. The summed E-state index contributed by atoms with van der Waals surface area (Å²) in [6, 6.07) is 4.42. The van der Waals surface area contributed by atoms with Crippen LogP contribution in [0.3, 0.4) is 0 Å². The fourth-order valence-electron chi connectivity index (χ4n) is 1.39. The molecule has 0 heterocycles. The SMILES string of the molecule is COc1cccc(N)c1C(=O)OCC(=O)NCC(F)(F)F. The number of anilines is 1. The summed E-state index contributed by atoms with van der Waals surface area (Å²) in [6.07, 6.45) is -4.53. The molecule has 1 aromatic rings. The standard InChI is InChI=1S/C12H13F3N2O4/c1-20-8-4-2-3-7(16)10(8)11(19)21-5-9(18)17-6-12(13,14)15/h2-4H,5-6,16H2,1H3,(H,17,18). The monoisotopic (exact) mass is 306 g/mol. The van der Waals surface area contributed by atoms with Crippen LogP contribution in [0.5, 0.6) is 5.75 Å². The average molecular weight is 306 g/mol. The first-order valence-corrected chi connectivity index (χ1v) is 5.67. The number of benzene rings is 1. The highest BCUT2D eigenvalue weighted by atomic mass is 19.4. The number of halogens is 3. The molecule has 0 aliphatic carbocycles. The summed E-state index contributed by atoms with van der Waals surface area (Å²) < 4.78 is 45.1. The van der Waals surface area contributed by atoms with Gasteiger partial charge in [0.1, 0.15) is 17.9 Å². The number of carbonyl (C=O) groups is 2. The molecular formula is C12H13F3N2O4. The van der Waals surface area contributed by atoms with Crippen LogP contribution >= 0.6 is 0 Å². The van der Waals surface area contributed by atoms with Crippen molar-refractivity contribution >= 4 is 17.6 Å². The first-order valence-electron chi connectivity index (χ1n) is 5.67. The Morgan fingerprint density at radius 1 is 1.33 bits per heavy atom. The molecule has 0 bridgehead atoms. The van der Waals surface area contributed by atoms with E-state index < -0.39 is 31.2 Å². The molecular weight excluding hydrogens is 293 g/mol. The Balaban J connectivity index is 2.61. The molecule has 6 nitrogen and oxygen atoms in total. The molecule has 0 unspecified atom stereocenters. The van der Waals surface area contributed by atoms with Crippen molar-refractivity contribution in [3.63, 3.8) is 0 Å². The second-order valence-corrected chi connectivity index (χ2v) is 3.89. The van der Waals surface area contributed by atoms with Gasteiger partial charge in [-0.3, -0.25) is 4.79 Å². The second-order valence-electron chi connectivity index (χ2n) is 3.89. The normalized spacial score (nSPS) is 10.9. The zero-order valence-corrected chi connectivity index (χ0v) is 11.0. The van der Waals surface area contributed by atoms with Gasteiger partial charge < -0.3 is 20.5 Å². The number of ether oxygens (including phenoxy) is 2. The first-order chi connectivity index (χ1) is 9.74. The van der Waals surface area contributed by atoms with Gasteiger partial charge in [0.05, 0.1) is 7.11 Å². The van der Waals surface area contributed by atoms with Crippen LogP contribution in [0.1, 0.15) is 10.4 Å². The molecule has 0 saturated heterocycles. The number of carbonyl (C=O) groups excluding carboxylic acids is 2. The van der Waals surface area contributed by atoms with Crippen molar-refractivity contribution in [1.82, 2.24) is 5.32 Å². The van der Waals surface area contributed by atoms with Crippen LogP contribution in [0.2, 0.25) is 0 Å². The largest absolute Gasteiger partial charge is 0.496 e. The van der Waals surface area contributed by atoms with E-state index in [9.17, 15) is 22.8 Å². The van der Waals surface area contributed by atoms with Gasteiger partial charge in [-0.1, -0.05) is 6.07 Å². The van der Waals surface area contributed by atoms with Crippen molar-refractivity contribution in [2.45, 2.75) is 6.18 Å². The minimum absolute atomic E-state index is 0.0649. The van der Waals surface area contributed by atoms with Gasteiger partial charge in [-0.15, -0.1) is 0 Å². The lowest BCUT2D eigenvalue weighted by Gasteiger charge is -2.11. The van der Waals surface area contributed by atoms with Crippen LogP contribution < -0.4 is 15.8 Å². The molecule has 0 aliphatic heterocycles. The van der Waals surface area contributed by atoms with E-state index >= 15 is 0 Å². The number of rotatable bonds is 5. The topological polar surface area (TPSA) is 90.7 Å². The summed E-state index contributed by atoms with van der Waals surface area (Å²) >= 11 is 0. The highest BCUT2D eigenvalue weighted by Gasteiger charge is 2.28. The van der Waals surface area contributed by atoms with Gasteiger partial charge in [0.2, 0.25) is 0 Å². The van der Waals surface area contributed by atoms with Gasteiger partial charge in [0.15, 0.2) is 6.61 Å². The van der Waals surface area contributed by atoms with Gasteiger partial charge in [-0.05, 0) is 12.1 Å². The average Bonchev–Trinajstić information content (AvgIpc) is 2.41. The maximum atomic E-state index is 11.9. The molecule has 9 heteroatoms. The minimum Gasteiger partial charge on any atom is -0.496 e. The third-order valence-electron chi connectivity index (χ3n) is 2.30. The fourth-order valence-corrected chi connectivity index (χ4v) is 1.39. The van der Waals surface area contributed by atoms with Crippen molar-refractivity contribution in [2.75, 3.05) is 26.0 Å². The summed E-state index contributed by atoms with van der Waals surface area (Å²) in [5, 5.41) is 1.57. The number of alkyl halides is 3. The van der Waals surface area contributed by atoms with E-state index in [-0.39, 0.29) is 17.0 Å². The molecule has 1 amide bonds. The number of methoxy groups -OCH3 is 1. The van der Waals surface area contributed by atoms with Gasteiger partial charge in [-0.2, -0.15) is 13.2 Å².